The van der Waals surface area contributed by atoms with E-state index in [9.17, 15) is 33.9 Å². The standard InChI is InChI=1S/C49H55N11O8/c50-45-41(26-39(53-54-45)37-6-1-2-7-42(37)61)58-28-33-8-9-34(29-58)59(33)32-4-3-5-35(24-32)68-23-22-55-18-20-57(21-19-55)44(63)27-51-46(64)30-14-16-56(17-15-30)31-10-11-36-38(25-31)49(67)60(48(36)66)40-12-13-43(62)52-47(40)65/h1-7,10-11,24-26,30,33-34,40,61H,8-9,12-23,27-29H2,(H2,50,54)(H,51,64)(H,52,62,65). The number of nitrogens with two attached hydrogens (primary N) is 1. The number of amides is 6. The van der Waals surface area contributed by atoms with Crippen molar-refractivity contribution in [3.8, 4) is 22.8 Å². The summed E-state index contributed by atoms with van der Waals surface area (Å²) in [6, 6.07) is 21.9. The molecule has 3 aromatic carbocycles. The molecule has 5 N–H and O–H groups in total. The lowest BCUT2D eigenvalue weighted by Gasteiger charge is -2.43. The highest BCUT2D eigenvalue weighted by Gasteiger charge is 2.45. The number of nitrogens with zero attached hydrogens (tertiary/aromatic N) is 8. The van der Waals surface area contributed by atoms with Crippen LogP contribution in [0.1, 0.15) is 59.2 Å². The lowest BCUT2D eigenvalue weighted by Crippen LogP contribution is -2.54. The lowest BCUT2D eigenvalue weighted by molar-refractivity contribution is -0.136. The summed E-state index contributed by atoms with van der Waals surface area (Å²) in [7, 11) is 0. The van der Waals surface area contributed by atoms with E-state index in [1.165, 1.54) is 0 Å². The average molecular weight is 926 g/mol. The molecule has 6 aliphatic rings. The molecule has 7 heterocycles. The van der Waals surface area contributed by atoms with E-state index >= 15 is 0 Å². The number of piperazine rings is 2. The number of nitrogen functional groups attached to an aromatic ring is 1. The predicted molar refractivity (Wildman–Crippen MR) is 251 cm³/mol. The first kappa shape index (κ1) is 44.6. The molecule has 0 radical (unpaired) electrons. The average Bonchev–Trinajstić information content (AvgIpc) is 3.76. The van der Waals surface area contributed by atoms with Crippen molar-refractivity contribution < 1.29 is 38.6 Å². The Labute approximate surface area is 393 Å². The molecule has 19 heteroatoms. The summed E-state index contributed by atoms with van der Waals surface area (Å²) in [6.45, 7) is 6.37. The number of phenolic OH excluding ortho intramolecular Hbond substituents is 1. The number of benzene rings is 3. The Morgan fingerprint density at radius 2 is 1.51 bits per heavy atom. The maximum atomic E-state index is 13.3. The minimum absolute atomic E-state index is 0.0528. The summed E-state index contributed by atoms with van der Waals surface area (Å²) in [6.07, 6.45) is 3.38. The first-order valence-corrected chi connectivity index (χ1v) is 23.5. The van der Waals surface area contributed by atoms with Crippen molar-refractivity contribution in [2.45, 2.75) is 56.7 Å². The summed E-state index contributed by atoms with van der Waals surface area (Å²) in [5.41, 5.74) is 10.7. The molecule has 1 aromatic heterocycles. The molecule has 3 unspecified atom stereocenters. The zero-order chi connectivity index (χ0) is 47.1. The second kappa shape index (κ2) is 18.8. The number of hydrogen-bond donors (Lipinski definition) is 4. The molecule has 0 aliphatic carbocycles. The summed E-state index contributed by atoms with van der Waals surface area (Å²) in [5, 5.41) is 24.0. The molecule has 3 atom stereocenters. The Kier molecular flexibility index (Phi) is 12.3. The molecule has 6 aliphatic heterocycles. The van der Waals surface area contributed by atoms with E-state index in [-0.39, 0.29) is 66.1 Å². The van der Waals surface area contributed by atoms with Crippen molar-refractivity contribution in [3.63, 3.8) is 0 Å². The van der Waals surface area contributed by atoms with Crippen LogP contribution in [0.15, 0.2) is 72.8 Å². The van der Waals surface area contributed by atoms with E-state index in [4.69, 9.17) is 10.5 Å². The van der Waals surface area contributed by atoms with Crippen LogP contribution in [-0.4, -0.2) is 156 Å². The topological polar surface area (TPSA) is 227 Å². The number of rotatable bonds is 12. The zero-order valence-electron chi connectivity index (χ0n) is 37.7. The molecule has 5 fully saturated rings. The van der Waals surface area contributed by atoms with Gasteiger partial charge in [0.15, 0.2) is 5.82 Å². The molecule has 6 amide bonds. The third-order valence-corrected chi connectivity index (χ3v) is 14.4. The SMILES string of the molecule is Nc1nnc(-c2ccccc2O)cc1N1CC2CCC(C1)N2c1cccc(OCCN2CCN(C(=O)CNC(=O)C3CCN(c4ccc5c(c4)C(=O)N(C4CCC(=O)NC4=O)C5=O)CC3)CC2)c1. The Morgan fingerprint density at radius 3 is 2.26 bits per heavy atom. The maximum absolute atomic E-state index is 13.3. The van der Waals surface area contributed by atoms with Gasteiger partial charge in [0.2, 0.25) is 23.6 Å². The van der Waals surface area contributed by atoms with Gasteiger partial charge in [0.1, 0.15) is 24.1 Å². The molecule has 0 spiro atoms. The number of phenols is 1. The summed E-state index contributed by atoms with van der Waals surface area (Å²) in [4.78, 5) is 88.8. The number of aromatic nitrogens is 2. The van der Waals surface area contributed by atoms with Crippen LogP contribution in [0.3, 0.4) is 0 Å². The van der Waals surface area contributed by atoms with Crippen molar-refractivity contribution in [1.82, 2.24) is 35.5 Å². The highest BCUT2D eigenvalue weighted by molar-refractivity contribution is 6.23. The van der Waals surface area contributed by atoms with Crippen LogP contribution < -0.4 is 35.8 Å². The molecular formula is C49H55N11O8. The number of carbonyl (C=O) groups excluding carboxylic acids is 6. The highest BCUT2D eigenvalue weighted by atomic mass is 16.5. The van der Waals surface area contributed by atoms with E-state index in [1.807, 2.05) is 30.3 Å². The van der Waals surface area contributed by atoms with Crippen LogP contribution in [-0.2, 0) is 19.2 Å². The third-order valence-electron chi connectivity index (χ3n) is 14.4. The molecule has 5 saturated heterocycles. The van der Waals surface area contributed by atoms with Gasteiger partial charge in [-0.15, -0.1) is 10.2 Å². The Morgan fingerprint density at radius 1 is 0.765 bits per heavy atom. The van der Waals surface area contributed by atoms with E-state index in [1.54, 1.807) is 35.2 Å². The maximum Gasteiger partial charge on any atom is 0.262 e. The summed E-state index contributed by atoms with van der Waals surface area (Å²) in [5.74, 6) is -1.38. The van der Waals surface area contributed by atoms with Crippen LogP contribution in [0.4, 0.5) is 22.9 Å². The largest absolute Gasteiger partial charge is 0.507 e. The Bertz CT molecular complexity index is 2630. The van der Waals surface area contributed by atoms with Crippen LogP contribution in [0, 0.1) is 5.92 Å². The van der Waals surface area contributed by atoms with Gasteiger partial charge < -0.3 is 40.5 Å². The lowest BCUT2D eigenvalue weighted by atomic mass is 9.95. The van der Waals surface area contributed by atoms with E-state index < -0.39 is 29.7 Å². The molecule has 354 valence electrons. The number of carbonyl (C=O) groups is 6. The fraction of sp³-hybridized carbons (Fsp3) is 0.429. The molecule has 4 aromatic rings. The van der Waals surface area contributed by atoms with E-state index in [0.29, 0.717) is 75.8 Å². The summed E-state index contributed by atoms with van der Waals surface area (Å²) < 4.78 is 6.28. The van der Waals surface area contributed by atoms with Gasteiger partial charge >= 0.3 is 0 Å². The number of nitrogens with one attached hydrogen (secondary N) is 2. The van der Waals surface area contributed by atoms with Crippen LogP contribution in [0.5, 0.6) is 11.5 Å². The van der Waals surface area contributed by atoms with Crippen molar-refractivity contribution >= 4 is 58.3 Å². The Hall–Kier alpha value is -7.28. The molecule has 2 bridgehead atoms. The van der Waals surface area contributed by atoms with Gasteiger partial charge in [-0.1, -0.05) is 18.2 Å². The number of hydrogen-bond acceptors (Lipinski definition) is 15. The number of fused-ring (bicyclic) bond motifs is 3. The molecule has 10 rings (SSSR count). The normalized spacial score (nSPS) is 22.1. The number of anilines is 4. The second-order valence-electron chi connectivity index (χ2n) is 18.4. The van der Waals surface area contributed by atoms with Gasteiger partial charge in [-0.3, -0.25) is 43.9 Å². The van der Waals surface area contributed by atoms with Gasteiger partial charge in [-0.2, -0.15) is 0 Å². The van der Waals surface area contributed by atoms with Crippen molar-refractivity contribution in [2.75, 3.05) is 92.5 Å². The third kappa shape index (κ3) is 8.85. The van der Waals surface area contributed by atoms with Gasteiger partial charge in [0, 0.05) is 106 Å². The van der Waals surface area contributed by atoms with E-state index in [2.05, 4.69) is 52.6 Å². The van der Waals surface area contributed by atoms with Crippen LogP contribution >= 0.6 is 0 Å². The van der Waals surface area contributed by atoms with Crippen molar-refractivity contribution in [2.24, 2.45) is 5.92 Å². The number of aromatic hydroxyl groups is 1. The second-order valence-corrected chi connectivity index (χ2v) is 18.4. The first-order valence-electron chi connectivity index (χ1n) is 23.5. The van der Waals surface area contributed by atoms with Gasteiger partial charge in [-0.25, -0.2) is 0 Å². The molecule has 19 nitrogen and oxygen atoms in total. The monoisotopic (exact) mass is 925 g/mol. The minimum atomic E-state index is -1.03. The number of ether oxygens (including phenoxy) is 1. The van der Waals surface area contributed by atoms with Crippen LogP contribution in [0.2, 0.25) is 0 Å². The van der Waals surface area contributed by atoms with Crippen LogP contribution in [0.25, 0.3) is 11.3 Å². The predicted octanol–water partition coefficient (Wildman–Crippen LogP) is 2.25. The fourth-order valence-electron chi connectivity index (χ4n) is 10.7. The Balaban J connectivity index is 0.641. The number of imide groups is 2. The molecule has 0 saturated carbocycles. The molecule has 68 heavy (non-hydrogen) atoms. The van der Waals surface area contributed by atoms with E-state index in [0.717, 1.165) is 60.2 Å². The van der Waals surface area contributed by atoms with Crippen molar-refractivity contribution in [1.29, 1.82) is 0 Å². The zero-order valence-corrected chi connectivity index (χ0v) is 37.7. The van der Waals surface area contributed by atoms with Crippen molar-refractivity contribution in [3.05, 3.63) is 83.9 Å². The minimum Gasteiger partial charge on any atom is -0.507 e. The smallest absolute Gasteiger partial charge is 0.262 e. The molecular weight excluding hydrogens is 871 g/mol. The highest BCUT2D eigenvalue weighted by Crippen LogP contribution is 2.40. The number of piperidine rings is 2. The summed E-state index contributed by atoms with van der Waals surface area (Å²) >= 11 is 0. The van der Waals surface area contributed by atoms with Gasteiger partial charge in [0.25, 0.3) is 11.8 Å². The number of para-hydroxylation sites is 1. The van der Waals surface area contributed by atoms with Gasteiger partial charge in [-0.05, 0) is 80.6 Å². The quantitative estimate of drug-likeness (QED) is 0.150. The first-order chi connectivity index (χ1) is 33.0. The fourth-order valence-corrected chi connectivity index (χ4v) is 10.7. The van der Waals surface area contributed by atoms with Gasteiger partial charge in [0.05, 0.1) is 29.1 Å².